The number of imide groups is 1. The van der Waals surface area contributed by atoms with Crippen LogP contribution in [0.15, 0.2) is 30.5 Å². The van der Waals surface area contributed by atoms with Gasteiger partial charge in [-0.15, -0.1) is 0 Å². The molecule has 7 nitrogen and oxygen atoms in total. The Morgan fingerprint density at radius 3 is 2.55 bits per heavy atom. The number of nitrogens with one attached hydrogen (secondary N) is 1. The fourth-order valence-corrected chi connectivity index (χ4v) is 4.68. The second-order valence-corrected chi connectivity index (χ2v) is 8.41. The summed E-state index contributed by atoms with van der Waals surface area (Å²) in [5.41, 5.74) is 0.669. The van der Waals surface area contributed by atoms with Crippen molar-refractivity contribution in [3.05, 3.63) is 36.0 Å². The van der Waals surface area contributed by atoms with E-state index < -0.39 is 5.54 Å². The maximum atomic E-state index is 13.2. The molecule has 2 aliphatic rings. The first-order chi connectivity index (χ1) is 13.9. The summed E-state index contributed by atoms with van der Waals surface area (Å²) < 4.78 is 0. The quantitative estimate of drug-likeness (QED) is 0.807. The van der Waals surface area contributed by atoms with Crippen LogP contribution in [0.3, 0.4) is 0 Å². The van der Waals surface area contributed by atoms with Gasteiger partial charge in [-0.05, 0) is 37.8 Å². The van der Waals surface area contributed by atoms with Gasteiger partial charge in [0.25, 0.3) is 11.8 Å². The molecular weight excluding hydrogens is 368 g/mol. The molecule has 1 N–H and O–H groups in total. The van der Waals surface area contributed by atoms with Crippen LogP contribution in [0.4, 0.5) is 4.79 Å². The van der Waals surface area contributed by atoms with Crippen molar-refractivity contribution in [2.45, 2.75) is 39.2 Å². The Morgan fingerprint density at radius 2 is 1.90 bits per heavy atom. The molecule has 29 heavy (non-hydrogen) atoms. The molecule has 2 aliphatic heterocycles. The third kappa shape index (κ3) is 2.99. The van der Waals surface area contributed by atoms with Crippen molar-refractivity contribution in [2.24, 2.45) is 5.92 Å². The minimum absolute atomic E-state index is 0.0348. The third-order valence-electron chi connectivity index (χ3n) is 6.18. The molecule has 1 aromatic carbocycles. The van der Waals surface area contributed by atoms with E-state index in [4.69, 9.17) is 0 Å². The van der Waals surface area contributed by atoms with Crippen molar-refractivity contribution >= 4 is 28.7 Å². The maximum absolute atomic E-state index is 13.2. The molecule has 2 saturated heterocycles. The summed E-state index contributed by atoms with van der Waals surface area (Å²) in [5, 5.41) is 1.00. The van der Waals surface area contributed by atoms with Gasteiger partial charge in [0.15, 0.2) is 0 Å². The Morgan fingerprint density at radius 1 is 1.17 bits per heavy atom. The molecule has 0 unspecified atom stereocenters. The van der Waals surface area contributed by atoms with Crippen molar-refractivity contribution in [1.29, 1.82) is 0 Å². The fourth-order valence-electron chi connectivity index (χ4n) is 4.68. The lowest BCUT2D eigenvalue weighted by atomic mass is 9.85. The molecule has 0 radical (unpaired) electrons. The van der Waals surface area contributed by atoms with Gasteiger partial charge in [-0.2, -0.15) is 0 Å². The van der Waals surface area contributed by atoms with E-state index in [1.54, 1.807) is 9.80 Å². The number of urea groups is 1. The summed E-state index contributed by atoms with van der Waals surface area (Å²) in [6.45, 7) is 7.79. The van der Waals surface area contributed by atoms with Crippen LogP contribution >= 0.6 is 0 Å². The average molecular weight is 396 g/mol. The van der Waals surface area contributed by atoms with Gasteiger partial charge < -0.3 is 14.8 Å². The predicted octanol–water partition coefficient (Wildman–Crippen LogP) is 3.08. The van der Waals surface area contributed by atoms with Gasteiger partial charge in [0.1, 0.15) is 5.54 Å². The van der Waals surface area contributed by atoms with Gasteiger partial charge in [-0.1, -0.05) is 26.0 Å². The summed E-state index contributed by atoms with van der Waals surface area (Å²) in [4.78, 5) is 47.3. The van der Waals surface area contributed by atoms with E-state index in [0.29, 0.717) is 44.6 Å². The van der Waals surface area contributed by atoms with Crippen molar-refractivity contribution in [1.82, 2.24) is 19.7 Å². The molecule has 154 valence electrons. The fraction of sp³-hybridized carbons (Fsp3) is 0.500. The van der Waals surface area contributed by atoms with Gasteiger partial charge >= 0.3 is 6.03 Å². The monoisotopic (exact) mass is 396 g/mol. The number of fused-ring (bicyclic) bond motifs is 1. The second-order valence-electron chi connectivity index (χ2n) is 8.41. The van der Waals surface area contributed by atoms with E-state index in [9.17, 15) is 14.4 Å². The molecule has 0 saturated carbocycles. The van der Waals surface area contributed by atoms with E-state index in [1.165, 1.54) is 4.90 Å². The van der Waals surface area contributed by atoms with Crippen molar-refractivity contribution in [3.63, 3.8) is 0 Å². The highest BCUT2D eigenvalue weighted by atomic mass is 16.2. The minimum Gasteiger partial charge on any atom is -0.361 e. The van der Waals surface area contributed by atoms with E-state index in [0.717, 1.165) is 10.9 Å². The van der Waals surface area contributed by atoms with Gasteiger partial charge in [-0.3, -0.25) is 14.5 Å². The topological polar surface area (TPSA) is 76.7 Å². The summed E-state index contributed by atoms with van der Waals surface area (Å²) in [6, 6.07) is 7.45. The van der Waals surface area contributed by atoms with Gasteiger partial charge in [0, 0.05) is 37.8 Å². The molecule has 4 rings (SSSR count). The highest BCUT2D eigenvalue weighted by Gasteiger charge is 2.57. The molecule has 7 heteroatoms. The third-order valence-corrected chi connectivity index (χ3v) is 6.18. The minimum atomic E-state index is -0.813. The number of H-pyrrole nitrogens is 1. The number of hydrogen-bond donors (Lipinski definition) is 1. The van der Waals surface area contributed by atoms with Gasteiger partial charge in [0.2, 0.25) is 0 Å². The standard InChI is InChI=1S/C22H28N4O3/c1-4-25-20(28)22(26(21(25)29)14-15(2)3)9-12-24(13-10-22)19(27)17-7-5-6-16-8-11-23-18(16)17/h5-8,11,15,23H,4,9-10,12-14H2,1-3H3. The van der Waals surface area contributed by atoms with Crippen molar-refractivity contribution in [3.8, 4) is 0 Å². The molecular formula is C22H28N4O3. The molecule has 1 aromatic heterocycles. The zero-order valence-electron chi connectivity index (χ0n) is 17.3. The predicted molar refractivity (Wildman–Crippen MR) is 110 cm³/mol. The van der Waals surface area contributed by atoms with Crippen LogP contribution in [0.2, 0.25) is 0 Å². The van der Waals surface area contributed by atoms with Crippen LogP contribution in [0, 0.1) is 5.92 Å². The number of likely N-dealkylation sites (tertiary alicyclic amines) is 1. The molecule has 3 heterocycles. The molecule has 1 spiro atoms. The number of nitrogens with zero attached hydrogens (tertiary/aromatic N) is 3. The maximum Gasteiger partial charge on any atom is 0.327 e. The first kappa shape index (κ1) is 19.5. The highest BCUT2D eigenvalue weighted by molar-refractivity contribution is 6.08. The van der Waals surface area contributed by atoms with Crippen LogP contribution in [0.25, 0.3) is 10.9 Å². The average Bonchev–Trinajstić information content (AvgIpc) is 3.26. The van der Waals surface area contributed by atoms with Gasteiger partial charge in [-0.25, -0.2) is 4.79 Å². The van der Waals surface area contributed by atoms with Crippen LogP contribution in [0.1, 0.15) is 44.0 Å². The van der Waals surface area contributed by atoms with E-state index in [2.05, 4.69) is 18.8 Å². The zero-order valence-corrected chi connectivity index (χ0v) is 17.3. The van der Waals surface area contributed by atoms with E-state index in [1.807, 2.05) is 37.4 Å². The Labute approximate surface area is 170 Å². The number of aromatic nitrogens is 1. The lowest BCUT2D eigenvalue weighted by Crippen LogP contribution is -2.58. The number of likely N-dealkylation sites (N-methyl/N-ethyl adjacent to an activating group) is 1. The molecule has 2 aromatic rings. The van der Waals surface area contributed by atoms with Crippen LogP contribution in [-0.4, -0.2) is 69.2 Å². The highest BCUT2D eigenvalue weighted by Crippen LogP contribution is 2.38. The van der Waals surface area contributed by atoms with Crippen molar-refractivity contribution < 1.29 is 14.4 Å². The number of para-hydroxylation sites is 1. The SMILES string of the molecule is CCN1C(=O)N(CC(C)C)C2(CCN(C(=O)c3cccc4cc[nH]c34)CC2)C1=O. The van der Waals surface area contributed by atoms with Crippen LogP contribution < -0.4 is 0 Å². The Kier molecular flexibility index (Phi) is 4.84. The number of rotatable bonds is 4. The number of carbonyl (C=O) groups is 3. The van der Waals surface area contributed by atoms with Crippen molar-refractivity contribution in [2.75, 3.05) is 26.2 Å². The van der Waals surface area contributed by atoms with Crippen LogP contribution in [0.5, 0.6) is 0 Å². The largest absolute Gasteiger partial charge is 0.361 e. The molecule has 0 bridgehead atoms. The summed E-state index contributed by atoms with van der Waals surface area (Å²) in [7, 11) is 0. The Bertz CT molecular complexity index is 956. The van der Waals surface area contributed by atoms with Crippen LogP contribution in [-0.2, 0) is 4.79 Å². The summed E-state index contributed by atoms with van der Waals surface area (Å²) in [6.07, 6.45) is 2.79. The molecule has 0 atom stereocenters. The number of hydrogen-bond acceptors (Lipinski definition) is 3. The number of piperidine rings is 1. The first-order valence-electron chi connectivity index (χ1n) is 10.4. The molecule has 0 aliphatic carbocycles. The first-order valence-corrected chi connectivity index (χ1v) is 10.4. The van der Waals surface area contributed by atoms with E-state index in [-0.39, 0.29) is 23.8 Å². The lowest BCUT2D eigenvalue weighted by molar-refractivity contribution is -0.135. The number of aromatic amines is 1. The summed E-state index contributed by atoms with van der Waals surface area (Å²) >= 11 is 0. The summed E-state index contributed by atoms with van der Waals surface area (Å²) in [5.74, 6) is 0.127. The number of carbonyl (C=O) groups excluding carboxylic acids is 3. The zero-order chi connectivity index (χ0) is 20.8. The number of amides is 4. The Balaban J connectivity index is 1.57. The Hall–Kier alpha value is -2.83. The van der Waals surface area contributed by atoms with E-state index >= 15 is 0 Å². The molecule has 4 amide bonds. The normalized spacial score (nSPS) is 19.2. The number of benzene rings is 1. The molecule has 2 fully saturated rings. The lowest BCUT2D eigenvalue weighted by Gasteiger charge is -2.42. The van der Waals surface area contributed by atoms with Gasteiger partial charge in [0.05, 0.1) is 11.1 Å². The second kappa shape index (κ2) is 7.21. The smallest absolute Gasteiger partial charge is 0.327 e.